The summed E-state index contributed by atoms with van der Waals surface area (Å²) in [5.41, 5.74) is 1.87. The van der Waals surface area contributed by atoms with Gasteiger partial charge in [0.15, 0.2) is 5.65 Å². The summed E-state index contributed by atoms with van der Waals surface area (Å²) in [4.78, 5) is 19.6. The van der Waals surface area contributed by atoms with E-state index in [1.54, 1.807) is 23.1 Å². The average Bonchev–Trinajstić information content (AvgIpc) is 3.29. The molecule has 0 aliphatic carbocycles. The standard InChI is InChI=1S/C18H25N5O3/c24-7-4-13-8-19-17-14(9-20-23(17)10-13)18(25)21-15-11-26-12-16(15)22-5-2-1-3-6-22/h8-10,15-16,24H,1-7,11-12H2,(H,21,25)/t15-,16-/m0/s1. The maximum absolute atomic E-state index is 12.8. The van der Waals surface area contributed by atoms with Crippen LogP contribution in [-0.4, -0.2) is 75.5 Å². The number of nitrogens with one attached hydrogen (secondary N) is 1. The Morgan fingerprint density at radius 1 is 1.27 bits per heavy atom. The van der Waals surface area contributed by atoms with Crippen LogP contribution in [0.25, 0.3) is 5.65 Å². The number of fused-ring (bicyclic) bond motifs is 1. The van der Waals surface area contributed by atoms with Gasteiger partial charge in [-0.05, 0) is 37.9 Å². The lowest BCUT2D eigenvalue weighted by Gasteiger charge is -2.34. The summed E-state index contributed by atoms with van der Waals surface area (Å²) in [5.74, 6) is -0.167. The van der Waals surface area contributed by atoms with Crippen molar-refractivity contribution in [3.8, 4) is 0 Å². The van der Waals surface area contributed by atoms with Gasteiger partial charge in [0.05, 0.1) is 31.5 Å². The molecular weight excluding hydrogens is 334 g/mol. The molecule has 8 heteroatoms. The predicted molar refractivity (Wildman–Crippen MR) is 95.1 cm³/mol. The Hall–Kier alpha value is -2.03. The topological polar surface area (TPSA) is 92.0 Å². The van der Waals surface area contributed by atoms with Crippen LogP contribution < -0.4 is 5.32 Å². The second-order valence-corrected chi connectivity index (χ2v) is 7.04. The van der Waals surface area contributed by atoms with Crippen LogP contribution in [0.5, 0.6) is 0 Å². The zero-order valence-electron chi connectivity index (χ0n) is 14.8. The van der Waals surface area contributed by atoms with E-state index in [1.165, 1.54) is 19.3 Å². The molecule has 0 radical (unpaired) electrons. The Kier molecular flexibility index (Phi) is 5.14. The molecule has 26 heavy (non-hydrogen) atoms. The molecule has 2 atom stereocenters. The SMILES string of the molecule is O=C(N[C@H]1COC[C@@H]1N1CCCCC1)c1cnn2cc(CCO)cnc12. The minimum Gasteiger partial charge on any atom is -0.396 e. The highest BCUT2D eigenvalue weighted by Gasteiger charge is 2.35. The predicted octanol–water partition coefficient (Wildman–Crippen LogP) is 0.247. The minimum atomic E-state index is -0.167. The third-order valence-electron chi connectivity index (χ3n) is 5.28. The van der Waals surface area contributed by atoms with Gasteiger partial charge in [-0.2, -0.15) is 5.10 Å². The van der Waals surface area contributed by atoms with E-state index in [1.807, 2.05) is 0 Å². The zero-order chi connectivity index (χ0) is 17.9. The summed E-state index contributed by atoms with van der Waals surface area (Å²) in [6.07, 6.45) is 9.25. The van der Waals surface area contributed by atoms with Crippen molar-refractivity contribution >= 4 is 11.6 Å². The van der Waals surface area contributed by atoms with Crippen LogP contribution in [0.15, 0.2) is 18.6 Å². The number of piperidine rings is 1. The average molecular weight is 359 g/mol. The Balaban J connectivity index is 1.48. The molecule has 0 aromatic carbocycles. The summed E-state index contributed by atoms with van der Waals surface area (Å²) in [6, 6.07) is 0.231. The number of nitrogens with zero attached hydrogens (tertiary/aromatic N) is 4. The van der Waals surface area contributed by atoms with Crippen molar-refractivity contribution in [2.24, 2.45) is 0 Å². The molecule has 2 aliphatic rings. The molecule has 2 fully saturated rings. The Morgan fingerprint density at radius 3 is 2.92 bits per heavy atom. The lowest BCUT2D eigenvalue weighted by molar-refractivity contribution is 0.0901. The van der Waals surface area contributed by atoms with Gasteiger partial charge in [0.1, 0.15) is 5.56 Å². The number of hydrogen-bond acceptors (Lipinski definition) is 6. The van der Waals surface area contributed by atoms with Gasteiger partial charge >= 0.3 is 0 Å². The van der Waals surface area contributed by atoms with E-state index >= 15 is 0 Å². The van der Waals surface area contributed by atoms with Crippen LogP contribution in [0.3, 0.4) is 0 Å². The van der Waals surface area contributed by atoms with Crippen LogP contribution in [0.2, 0.25) is 0 Å². The fourth-order valence-electron chi connectivity index (χ4n) is 3.87. The first-order valence-electron chi connectivity index (χ1n) is 9.32. The number of hydrogen-bond donors (Lipinski definition) is 2. The van der Waals surface area contributed by atoms with Gasteiger partial charge in [0, 0.05) is 19.0 Å². The number of aromatic nitrogens is 3. The van der Waals surface area contributed by atoms with E-state index in [0.717, 1.165) is 18.7 Å². The number of likely N-dealkylation sites (tertiary alicyclic amines) is 1. The largest absolute Gasteiger partial charge is 0.396 e. The van der Waals surface area contributed by atoms with Crippen molar-refractivity contribution in [3.63, 3.8) is 0 Å². The molecule has 4 heterocycles. The monoisotopic (exact) mass is 359 g/mol. The minimum absolute atomic E-state index is 0.00999. The van der Waals surface area contributed by atoms with E-state index in [2.05, 4.69) is 20.3 Å². The summed E-state index contributed by atoms with van der Waals surface area (Å²) < 4.78 is 7.25. The quantitative estimate of drug-likeness (QED) is 0.795. The molecule has 2 N–H and O–H groups in total. The first kappa shape index (κ1) is 17.4. The highest BCUT2D eigenvalue weighted by molar-refractivity contribution is 5.99. The highest BCUT2D eigenvalue weighted by atomic mass is 16.5. The van der Waals surface area contributed by atoms with Gasteiger partial charge in [0.2, 0.25) is 0 Å². The smallest absolute Gasteiger partial charge is 0.257 e. The van der Waals surface area contributed by atoms with E-state index in [0.29, 0.717) is 30.8 Å². The van der Waals surface area contributed by atoms with E-state index < -0.39 is 0 Å². The Morgan fingerprint density at radius 2 is 2.12 bits per heavy atom. The van der Waals surface area contributed by atoms with Crippen molar-refractivity contribution in [1.82, 2.24) is 24.8 Å². The van der Waals surface area contributed by atoms with Crippen molar-refractivity contribution in [1.29, 1.82) is 0 Å². The van der Waals surface area contributed by atoms with Crippen LogP contribution in [-0.2, 0) is 11.2 Å². The number of rotatable bonds is 5. The number of aliphatic hydroxyl groups is 1. The molecule has 2 saturated heterocycles. The van der Waals surface area contributed by atoms with Crippen molar-refractivity contribution < 1.29 is 14.6 Å². The molecule has 1 amide bonds. The molecule has 4 rings (SSSR count). The second kappa shape index (κ2) is 7.69. The van der Waals surface area contributed by atoms with Crippen molar-refractivity contribution in [3.05, 3.63) is 29.7 Å². The fraction of sp³-hybridized carbons (Fsp3) is 0.611. The number of aliphatic hydroxyl groups excluding tert-OH is 1. The summed E-state index contributed by atoms with van der Waals surface area (Å²) >= 11 is 0. The van der Waals surface area contributed by atoms with Crippen LogP contribution in [0.4, 0.5) is 0 Å². The molecule has 0 saturated carbocycles. The molecule has 8 nitrogen and oxygen atoms in total. The lowest BCUT2D eigenvalue weighted by Crippen LogP contribution is -2.52. The van der Waals surface area contributed by atoms with Gasteiger partial charge < -0.3 is 15.2 Å². The molecule has 2 aromatic heterocycles. The zero-order valence-corrected chi connectivity index (χ0v) is 14.8. The number of amides is 1. The maximum atomic E-state index is 12.8. The highest BCUT2D eigenvalue weighted by Crippen LogP contribution is 2.19. The van der Waals surface area contributed by atoms with Crippen LogP contribution in [0, 0.1) is 0 Å². The summed E-state index contributed by atoms with van der Waals surface area (Å²) in [5, 5.41) is 16.4. The summed E-state index contributed by atoms with van der Waals surface area (Å²) in [7, 11) is 0. The van der Waals surface area contributed by atoms with Gasteiger partial charge in [-0.25, -0.2) is 9.50 Å². The normalized spacial score (nSPS) is 24.2. The maximum Gasteiger partial charge on any atom is 0.257 e. The van der Waals surface area contributed by atoms with Crippen molar-refractivity contribution in [2.75, 3.05) is 32.9 Å². The third kappa shape index (κ3) is 3.44. The number of carbonyl (C=O) groups is 1. The van der Waals surface area contributed by atoms with E-state index in [9.17, 15) is 4.79 Å². The Labute approximate surface area is 152 Å². The van der Waals surface area contributed by atoms with Crippen LogP contribution in [0.1, 0.15) is 35.2 Å². The van der Waals surface area contributed by atoms with Gasteiger partial charge in [0.25, 0.3) is 5.91 Å². The van der Waals surface area contributed by atoms with Crippen LogP contribution >= 0.6 is 0 Å². The lowest BCUT2D eigenvalue weighted by atomic mass is 10.0. The third-order valence-corrected chi connectivity index (χ3v) is 5.28. The molecule has 2 aliphatic heterocycles. The first-order valence-corrected chi connectivity index (χ1v) is 9.32. The van der Waals surface area contributed by atoms with Crippen molar-refractivity contribution in [2.45, 2.75) is 37.8 Å². The summed E-state index contributed by atoms with van der Waals surface area (Å²) in [6.45, 7) is 3.42. The van der Waals surface area contributed by atoms with E-state index in [-0.39, 0.29) is 24.6 Å². The molecular formula is C18H25N5O3. The molecule has 140 valence electrons. The van der Waals surface area contributed by atoms with E-state index in [4.69, 9.17) is 9.84 Å². The second-order valence-electron chi connectivity index (χ2n) is 7.04. The molecule has 2 aromatic rings. The molecule has 0 unspecified atom stereocenters. The number of carbonyl (C=O) groups excluding carboxylic acids is 1. The molecule has 0 bridgehead atoms. The number of ether oxygens (including phenoxy) is 1. The van der Waals surface area contributed by atoms with Gasteiger partial charge in [-0.3, -0.25) is 9.69 Å². The first-order chi connectivity index (χ1) is 12.8. The van der Waals surface area contributed by atoms with Gasteiger partial charge in [-0.1, -0.05) is 6.42 Å². The van der Waals surface area contributed by atoms with Gasteiger partial charge in [-0.15, -0.1) is 0 Å². The Bertz CT molecular complexity index is 771. The molecule has 0 spiro atoms. The fourth-order valence-corrected chi connectivity index (χ4v) is 3.87.